The van der Waals surface area contributed by atoms with Crippen molar-refractivity contribution >= 4 is 29.3 Å². The molecule has 0 spiro atoms. The number of ether oxygens (including phenoxy) is 2. The largest absolute Gasteiger partial charge is 0.497 e. The van der Waals surface area contributed by atoms with E-state index >= 15 is 0 Å². The predicted octanol–water partition coefficient (Wildman–Crippen LogP) is 2.26. The molecule has 0 aliphatic rings. The van der Waals surface area contributed by atoms with Gasteiger partial charge < -0.3 is 14.0 Å². The normalized spacial score (nSPS) is 12.3. The standard InChI is InChI=1S/C22H21NO4S/c1-14-7-5-6-8-17(14)18(24)13-21-23(2)22(25)20(28-21)11-15-9-10-16(26-3)12-19(15)27-4/h5-13H,1-4H3. The van der Waals surface area contributed by atoms with Crippen molar-refractivity contribution in [3.8, 4) is 11.5 Å². The van der Waals surface area contributed by atoms with E-state index in [1.807, 2.05) is 31.2 Å². The van der Waals surface area contributed by atoms with Gasteiger partial charge in [-0.3, -0.25) is 9.59 Å². The maximum absolute atomic E-state index is 12.6. The molecule has 6 heteroatoms. The van der Waals surface area contributed by atoms with Gasteiger partial charge in [-0.05, 0) is 30.7 Å². The fraction of sp³-hybridized carbons (Fsp3) is 0.182. The molecule has 3 rings (SSSR count). The minimum absolute atomic E-state index is 0.122. The van der Waals surface area contributed by atoms with Crippen molar-refractivity contribution in [1.82, 2.24) is 4.57 Å². The van der Waals surface area contributed by atoms with E-state index in [4.69, 9.17) is 9.47 Å². The van der Waals surface area contributed by atoms with Crippen LogP contribution in [0.4, 0.5) is 0 Å². The van der Waals surface area contributed by atoms with Crippen LogP contribution in [0.3, 0.4) is 0 Å². The second-order valence-electron chi connectivity index (χ2n) is 6.24. The molecule has 2 aromatic carbocycles. The molecule has 3 aromatic rings. The summed E-state index contributed by atoms with van der Waals surface area (Å²) in [5.74, 6) is 1.16. The third kappa shape index (κ3) is 3.92. The lowest BCUT2D eigenvalue weighted by Gasteiger charge is -2.06. The highest BCUT2D eigenvalue weighted by Gasteiger charge is 2.09. The van der Waals surface area contributed by atoms with Gasteiger partial charge in [-0.2, -0.15) is 0 Å². The second-order valence-corrected chi connectivity index (χ2v) is 7.31. The monoisotopic (exact) mass is 395 g/mol. The molecule has 0 N–H and O–H groups in total. The Morgan fingerprint density at radius 3 is 2.54 bits per heavy atom. The first-order valence-electron chi connectivity index (χ1n) is 8.66. The average molecular weight is 395 g/mol. The molecule has 144 valence electrons. The van der Waals surface area contributed by atoms with Gasteiger partial charge in [-0.15, -0.1) is 11.3 Å². The minimum Gasteiger partial charge on any atom is -0.497 e. The first-order chi connectivity index (χ1) is 13.4. The fourth-order valence-electron chi connectivity index (χ4n) is 2.83. The molecule has 1 heterocycles. The minimum atomic E-state index is -0.160. The van der Waals surface area contributed by atoms with Gasteiger partial charge in [0.1, 0.15) is 16.2 Å². The Morgan fingerprint density at radius 1 is 1.11 bits per heavy atom. The van der Waals surface area contributed by atoms with Gasteiger partial charge in [0.15, 0.2) is 5.78 Å². The Bertz CT molecular complexity index is 1200. The van der Waals surface area contributed by atoms with Crippen LogP contribution >= 0.6 is 11.3 Å². The van der Waals surface area contributed by atoms with Crippen LogP contribution in [0.5, 0.6) is 11.5 Å². The maximum atomic E-state index is 12.6. The van der Waals surface area contributed by atoms with Crippen molar-refractivity contribution in [2.45, 2.75) is 6.92 Å². The summed E-state index contributed by atoms with van der Waals surface area (Å²) < 4.78 is 13.2. The molecular weight excluding hydrogens is 374 g/mol. The van der Waals surface area contributed by atoms with Gasteiger partial charge >= 0.3 is 0 Å². The molecular formula is C22H21NO4S. The highest BCUT2D eigenvalue weighted by molar-refractivity contribution is 7.07. The Labute approximate surface area is 166 Å². The zero-order chi connectivity index (χ0) is 20.3. The van der Waals surface area contributed by atoms with Crippen LogP contribution in [-0.2, 0) is 7.05 Å². The van der Waals surface area contributed by atoms with Crippen LogP contribution < -0.4 is 24.2 Å². The highest BCUT2D eigenvalue weighted by atomic mass is 32.1. The van der Waals surface area contributed by atoms with E-state index in [0.29, 0.717) is 26.3 Å². The number of nitrogens with zero attached hydrogens (tertiary/aromatic N) is 1. The number of aryl methyl sites for hydroxylation is 1. The number of ketones is 1. The SMILES string of the molecule is COc1ccc(C=c2sc(=CC(=O)c3ccccc3C)n(C)c2=O)c(OC)c1. The van der Waals surface area contributed by atoms with E-state index in [1.165, 1.54) is 22.0 Å². The summed E-state index contributed by atoms with van der Waals surface area (Å²) in [6.07, 6.45) is 3.28. The van der Waals surface area contributed by atoms with E-state index < -0.39 is 0 Å². The van der Waals surface area contributed by atoms with Crippen molar-refractivity contribution in [1.29, 1.82) is 0 Å². The second kappa shape index (κ2) is 8.27. The maximum Gasteiger partial charge on any atom is 0.268 e. The Kier molecular flexibility index (Phi) is 5.80. The lowest BCUT2D eigenvalue weighted by atomic mass is 10.1. The lowest BCUT2D eigenvalue weighted by molar-refractivity contribution is 0.106. The van der Waals surface area contributed by atoms with Crippen LogP contribution in [0.15, 0.2) is 47.3 Å². The summed E-state index contributed by atoms with van der Waals surface area (Å²) in [6, 6.07) is 12.8. The molecule has 0 bridgehead atoms. The molecule has 0 saturated carbocycles. The van der Waals surface area contributed by atoms with E-state index in [-0.39, 0.29) is 11.3 Å². The number of carbonyl (C=O) groups is 1. The number of aromatic nitrogens is 1. The number of hydrogen-bond acceptors (Lipinski definition) is 5. The average Bonchev–Trinajstić information content (AvgIpc) is 2.96. The molecule has 0 radical (unpaired) electrons. The van der Waals surface area contributed by atoms with Gasteiger partial charge in [-0.25, -0.2) is 0 Å². The fourth-order valence-corrected chi connectivity index (χ4v) is 3.85. The topological polar surface area (TPSA) is 57.5 Å². The van der Waals surface area contributed by atoms with Gasteiger partial charge in [-0.1, -0.05) is 24.3 Å². The molecule has 0 aliphatic carbocycles. The quantitative estimate of drug-likeness (QED) is 0.622. The third-order valence-corrected chi connectivity index (χ3v) is 5.57. The zero-order valence-electron chi connectivity index (χ0n) is 16.2. The summed E-state index contributed by atoms with van der Waals surface area (Å²) in [5.41, 5.74) is 2.14. The molecule has 0 atom stereocenters. The van der Waals surface area contributed by atoms with Crippen LogP contribution in [0.1, 0.15) is 21.5 Å². The van der Waals surface area contributed by atoms with Gasteiger partial charge in [0, 0.05) is 30.3 Å². The Balaban J connectivity index is 2.10. The van der Waals surface area contributed by atoms with E-state index in [9.17, 15) is 9.59 Å². The van der Waals surface area contributed by atoms with E-state index in [1.54, 1.807) is 45.5 Å². The van der Waals surface area contributed by atoms with E-state index in [2.05, 4.69) is 0 Å². The Hall–Kier alpha value is -3.12. The van der Waals surface area contributed by atoms with Crippen LogP contribution in [-0.4, -0.2) is 24.6 Å². The smallest absolute Gasteiger partial charge is 0.268 e. The zero-order valence-corrected chi connectivity index (χ0v) is 17.0. The number of benzene rings is 2. The van der Waals surface area contributed by atoms with Crippen LogP contribution in [0, 0.1) is 6.92 Å². The van der Waals surface area contributed by atoms with Crippen molar-refractivity contribution in [2.75, 3.05) is 14.2 Å². The van der Waals surface area contributed by atoms with Crippen molar-refractivity contribution < 1.29 is 14.3 Å². The van der Waals surface area contributed by atoms with Crippen molar-refractivity contribution in [3.63, 3.8) is 0 Å². The number of rotatable bonds is 5. The number of methoxy groups -OCH3 is 2. The molecule has 0 saturated heterocycles. The van der Waals surface area contributed by atoms with Crippen LogP contribution in [0.2, 0.25) is 0 Å². The molecule has 0 aliphatic heterocycles. The summed E-state index contributed by atoms with van der Waals surface area (Å²) >= 11 is 1.27. The summed E-state index contributed by atoms with van der Waals surface area (Å²) in [6.45, 7) is 1.89. The first kappa shape index (κ1) is 19.6. The molecule has 1 aromatic heterocycles. The molecule has 0 fully saturated rings. The van der Waals surface area contributed by atoms with Gasteiger partial charge in [0.2, 0.25) is 0 Å². The van der Waals surface area contributed by atoms with Crippen LogP contribution in [0.25, 0.3) is 12.2 Å². The highest BCUT2D eigenvalue weighted by Crippen LogP contribution is 2.24. The Morgan fingerprint density at radius 2 is 1.86 bits per heavy atom. The molecule has 28 heavy (non-hydrogen) atoms. The molecule has 0 amide bonds. The number of thiazole rings is 1. The number of Topliss-reactive ketones (excluding diaryl/α,β-unsaturated/α-hetero) is 1. The summed E-state index contributed by atoms with van der Waals surface area (Å²) in [5, 5.41) is 0. The number of carbonyl (C=O) groups excluding carboxylic acids is 1. The molecule has 0 unspecified atom stereocenters. The van der Waals surface area contributed by atoms with E-state index in [0.717, 1.165) is 11.1 Å². The number of hydrogen-bond donors (Lipinski definition) is 0. The van der Waals surface area contributed by atoms with Crippen molar-refractivity contribution in [3.05, 3.63) is 78.7 Å². The van der Waals surface area contributed by atoms with Gasteiger partial charge in [0.25, 0.3) is 5.56 Å². The summed E-state index contributed by atoms with van der Waals surface area (Å²) in [7, 11) is 4.82. The first-order valence-corrected chi connectivity index (χ1v) is 9.47. The molecule has 5 nitrogen and oxygen atoms in total. The lowest BCUT2D eigenvalue weighted by Crippen LogP contribution is -2.29. The predicted molar refractivity (Wildman–Crippen MR) is 112 cm³/mol. The summed E-state index contributed by atoms with van der Waals surface area (Å²) in [4.78, 5) is 25.3. The van der Waals surface area contributed by atoms with Gasteiger partial charge in [0.05, 0.1) is 18.8 Å². The van der Waals surface area contributed by atoms with Crippen molar-refractivity contribution in [2.24, 2.45) is 7.05 Å². The third-order valence-electron chi connectivity index (χ3n) is 4.45.